The standard InChI is InChI=1S/C17H14ClFN4OS2/c1-10-4-2-3-5-13(10)21-16-22-23-17(26-16)25-9-15(24)20-14-8-11(18)6-7-12(14)19/h2-8H,9H2,1H3,(H,20,24)(H,21,22). The lowest BCUT2D eigenvalue weighted by atomic mass is 10.2. The molecule has 0 aliphatic rings. The third-order valence-electron chi connectivity index (χ3n) is 3.32. The van der Waals surface area contributed by atoms with Gasteiger partial charge in [0.1, 0.15) is 5.82 Å². The molecule has 0 radical (unpaired) electrons. The molecule has 0 aliphatic carbocycles. The minimum atomic E-state index is -0.534. The zero-order chi connectivity index (χ0) is 18.5. The van der Waals surface area contributed by atoms with Crippen LogP contribution in [0.4, 0.5) is 20.9 Å². The van der Waals surface area contributed by atoms with Crippen molar-refractivity contribution in [1.82, 2.24) is 10.2 Å². The van der Waals surface area contributed by atoms with Gasteiger partial charge in [0.2, 0.25) is 11.0 Å². The van der Waals surface area contributed by atoms with Gasteiger partial charge in [-0.15, -0.1) is 10.2 Å². The number of carbonyl (C=O) groups is 1. The van der Waals surface area contributed by atoms with E-state index in [1.165, 1.54) is 41.3 Å². The van der Waals surface area contributed by atoms with Gasteiger partial charge in [0, 0.05) is 10.7 Å². The van der Waals surface area contributed by atoms with Crippen LogP contribution in [0.2, 0.25) is 5.02 Å². The second-order valence-electron chi connectivity index (χ2n) is 5.27. The molecule has 9 heteroatoms. The molecule has 1 aromatic heterocycles. The first-order chi connectivity index (χ1) is 12.5. The van der Waals surface area contributed by atoms with Gasteiger partial charge >= 0.3 is 0 Å². The lowest BCUT2D eigenvalue weighted by Gasteiger charge is -2.06. The highest BCUT2D eigenvalue weighted by Crippen LogP contribution is 2.29. The van der Waals surface area contributed by atoms with Crippen molar-refractivity contribution in [3.8, 4) is 0 Å². The van der Waals surface area contributed by atoms with E-state index < -0.39 is 5.82 Å². The van der Waals surface area contributed by atoms with Crippen molar-refractivity contribution >= 4 is 57.1 Å². The predicted octanol–water partition coefficient (Wildman–Crippen LogP) is 5.11. The quantitative estimate of drug-likeness (QED) is 0.554. The molecule has 2 aromatic carbocycles. The maximum absolute atomic E-state index is 13.6. The fourth-order valence-corrected chi connectivity index (χ4v) is 3.79. The Bertz CT molecular complexity index is 935. The normalized spacial score (nSPS) is 10.6. The van der Waals surface area contributed by atoms with Gasteiger partial charge in [-0.3, -0.25) is 4.79 Å². The smallest absolute Gasteiger partial charge is 0.234 e. The number of nitrogens with one attached hydrogen (secondary N) is 2. The first-order valence-corrected chi connectivity index (χ1v) is 9.73. The summed E-state index contributed by atoms with van der Waals surface area (Å²) < 4.78 is 14.3. The van der Waals surface area contributed by atoms with Gasteiger partial charge < -0.3 is 10.6 Å². The Kier molecular flexibility index (Phi) is 6.08. The number of nitrogens with zero attached hydrogens (tertiary/aromatic N) is 2. The monoisotopic (exact) mass is 408 g/mol. The average molecular weight is 409 g/mol. The molecule has 1 amide bonds. The zero-order valence-electron chi connectivity index (χ0n) is 13.6. The van der Waals surface area contributed by atoms with Gasteiger partial charge in [0.15, 0.2) is 4.34 Å². The highest BCUT2D eigenvalue weighted by Gasteiger charge is 2.11. The first-order valence-electron chi connectivity index (χ1n) is 7.55. The minimum absolute atomic E-state index is 0.0577. The highest BCUT2D eigenvalue weighted by molar-refractivity contribution is 8.01. The molecule has 26 heavy (non-hydrogen) atoms. The second-order valence-corrected chi connectivity index (χ2v) is 7.91. The van der Waals surface area contributed by atoms with Crippen molar-refractivity contribution < 1.29 is 9.18 Å². The fourth-order valence-electron chi connectivity index (χ4n) is 2.05. The van der Waals surface area contributed by atoms with Gasteiger partial charge in [0.05, 0.1) is 11.4 Å². The Morgan fingerprint density at radius 2 is 2.04 bits per heavy atom. The number of hydrogen-bond donors (Lipinski definition) is 2. The molecule has 3 aromatic rings. The fraction of sp³-hybridized carbons (Fsp3) is 0.118. The summed E-state index contributed by atoms with van der Waals surface area (Å²) >= 11 is 8.38. The van der Waals surface area contributed by atoms with Crippen molar-refractivity contribution in [3.05, 3.63) is 58.9 Å². The summed E-state index contributed by atoms with van der Waals surface area (Å²) in [6.07, 6.45) is 0. The van der Waals surface area contributed by atoms with Crippen LogP contribution in [-0.2, 0) is 4.79 Å². The number of benzene rings is 2. The molecule has 2 N–H and O–H groups in total. The molecule has 0 atom stereocenters. The molecule has 0 unspecified atom stereocenters. The number of aromatic nitrogens is 2. The van der Waals surface area contributed by atoms with E-state index in [-0.39, 0.29) is 17.3 Å². The largest absolute Gasteiger partial charge is 0.330 e. The number of halogens is 2. The summed E-state index contributed by atoms with van der Waals surface area (Å²) in [6.45, 7) is 2.00. The summed E-state index contributed by atoms with van der Waals surface area (Å²) in [4.78, 5) is 12.0. The predicted molar refractivity (Wildman–Crippen MR) is 105 cm³/mol. The number of thioether (sulfide) groups is 1. The number of carbonyl (C=O) groups excluding carboxylic acids is 1. The number of aryl methyl sites for hydroxylation is 1. The molecule has 5 nitrogen and oxygen atoms in total. The van der Waals surface area contributed by atoms with Crippen molar-refractivity contribution in [2.24, 2.45) is 0 Å². The molecular weight excluding hydrogens is 395 g/mol. The van der Waals surface area contributed by atoms with E-state index >= 15 is 0 Å². The number of para-hydroxylation sites is 1. The van der Waals surface area contributed by atoms with Gasteiger partial charge in [-0.05, 0) is 36.8 Å². The van der Waals surface area contributed by atoms with E-state index in [4.69, 9.17) is 11.6 Å². The van der Waals surface area contributed by atoms with Crippen LogP contribution in [0.1, 0.15) is 5.56 Å². The molecule has 3 rings (SSSR count). The van der Waals surface area contributed by atoms with Crippen LogP contribution in [0.3, 0.4) is 0 Å². The van der Waals surface area contributed by atoms with Gasteiger partial charge in [-0.1, -0.05) is 52.9 Å². The van der Waals surface area contributed by atoms with Crippen molar-refractivity contribution in [1.29, 1.82) is 0 Å². The molecule has 0 aliphatic heterocycles. The molecule has 1 heterocycles. The van der Waals surface area contributed by atoms with Gasteiger partial charge in [-0.25, -0.2) is 4.39 Å². The maximum Gasteiger partial charge on any atom is 0.234 e. The Morgan fingerprint density at radius 1 is 1.23 bits per heavy atom. The van der Waals surface area contributed by atoms with Crippen LogP contribution in [0.25, 0.3) is 0 Å². The highest BCUT2D eigenvalue weighted by atomic mass is 35.5. The lowest BCUT2D eigenvalue weighted by Crippen LogP contribution is -2.15. The summed E-state index contributed by atoms with van der Waals surface area (Å²) in [5.74, 6) is -0.793. The Morgan fingerprint density at radius 3 is 2.85 bits per heavy atom. The summed E-state index contributed by atoms with van der Waals surface area (Å²) in [5.41, 5.74) is 2.11. The Labute approximate surface area is 163 Å². The SMILES string of the molecule is Cc1ccccc1Nc1nnc(SCC(=O)Nc2cc(Cl)ccc2F)s1. The van der Waals surface area contributed by atoms with Crippen molar-refractivity contribution in [2.45, 2.75) is 11.3 Å². The van der Waals surface area contributed by atoms with Crippen LogP contribution in [0, 0.1) is 12.7 Å². The topological polar surface area (TPSA) is 66.9 Å². The number of anilines is 3. The molecule has 134 valence electrons. The number of rotatable bonds is 6. The van der Waals surface area contributed by atoms with Crippen molar-refractivity contribution in [2.75, 3.05) is 16.4 Å². The lowest BCUT2D eigenvalue weighted by molar-refractivity contribution is -0.113. The number of hydrogen-bond acceptors (Lipinski definition) is 6. The third-order valence-corrected chi connectivity index (χ3v) is 5.53. The van der Waals surface area contributed by atoms with Crippen LogP contribution < -0.4 is 10.6 Å². The number of amides is 1. The van der Waals surface area contributed by atoms with Crippen LogP contribution in [0.5, 0.6) is 0 Å². The summed E-state index contributed by atoms with van der Waals surface area (Å²) in [5, 5.41) is 14.8. The minimum Gasteiger partial charge on any atom is -0.330 e. The van der Waals surface area contributed by atoms with Crippen LogP contribution in [-0.4, -0.2) is 21.9 Å². The molecule has 0 fully saturated rings. The van der Waals surface area contributed by atoms with Crippen molar-refractivity contribution in [3.63, 3.8) is 0 Å². The molecule has 0 saturated carbocycles. The molecule has 0 spiro atoms. The van der Waals surface area contributed by atoms with E-state index in [1.54, 1.807) is 0 Å². The zero-order valence-corrected chi connectivity index (χ0v) is 16.0. The average Bonchev–Trinajstić information content (AvgIpc) is 3.06. The van der Waals surface area contributed by atoms with E-state index in [0.717, 1.165) is 11.3 Å². The molecular formula is C17H14ClFN4OS2. The van der Waals surface area contributed by atoms with Gasteiger partial charge in [0.25, 0.3) is 0 Å². The van der Waals surface area contributed by atoms with Crippen LogP contribution >= 0.6 is 34.7 Å². The third kappa shape index (κ3) is 4.94. The Balaban J connectivity index is 1.55. The molecule has 0 saturated heterocycles. The van der Waals surface area contributed by atoms with Gasteiger partial charge in [-0.2, -0.15) is 0 Å². The van der Waals surface area contributed by atoms with E-state index in [9.17, 15) is 9.18 Å². The summed E-state index contributed by atoms with van der Waals surface area (Å²) in [7, 11) is 0. The maximum atomic E-state index is 13.6. The Hall–Kier alpha value is -2.16. The second kappa shape index (κ2) is 8.48. The van der Waals surface area contributed by atoms with E-state index in [0.29, 0.717) is 14.5 Å². The van der Waals surface area contributed by atoms with E-state index in [2.05, 4.69) is 20.8 Å². The molecule has 0 bridgehead atoms. The summed E-state index contributed by atoms with van der Waals surface area (Å²) in [6, 6.07) is 11.9. The van der Waals surface area contributed by atoms with E-state index in [1.807, 2.05) is 31.2 Å². The first kappa shape index (κ1) is 18.6. The van der Waals surface area contributed by atoms with Crippen LogP contribution in [0.15, 0.2) is 46.8 Å².